The largest absolute Gasteiger partial charge is 0.287 e. The van der Waals surface area contributed by atoms with Gasteiger partial charge in [0.2, 0.25) is 0 Å². The fourth-order valence-electron chi connectivity index (χ4n) is 2.42. The molecule has 2 aliphatic heterocycles. The minimum Gasteiger partial charge on any atom is -0.287 e. The van der Waals surface area contributed by atoms with Crippen molar-refractivity contribution in [1.82, 2.24) is 9.80 Å². The zero-order chi connectivity index (χ0) is 7.68. The number of likely N-dealkylation sites (N-methyl/N-ethyl adjacent to an activating group) is 1. The van der Waals surface area contributed by atoms with Gasteiger partial charge < -0.3 is 0 Å². The zero-order valence-electron chi connectivity index (χ0n) is 7.42. The van der Waals surface area contributed by atoms with Crippen LogP contribution in [-0.4, -0.2) is 42.1 Å². The fraction of sp³-hybridized carbons (Fsp3) is 1.00. The van der Waals surface area contributed by atoms with Gasteiger partial charge in [-0.2, -0.15) is 0 Å². The summed E-state index contributed by atoms with van der Waals surface area (Å²) in [4.78, 5) is 5.26. The molecule has 0 aromatic heterocycles. The lowest BCUT2D eigenvalue weighted by Gasteiger charge is -2.33. The van der Waals surface area contributed by atoms with Gasteiger partial charge in [0.05, 0.1) is 6.17 Å². The fourth-order valence-corrected chi connectivity index (χ4v) is 2.42. The van der Waals surface area contributed by atoms with E-state index in [0.29, 0.717) is 0 Å². The molecule has 2 saturated heterocycles. The summed E-state index contributed by atoms with van der Waals surface area (Å²) >= 11 is 0. The molecule has 2 heterocycles. The van der Waals surface area contributed by atoms with Gasteiger partial charge >= 0.3 is 0 Å². The van der Waals surface area contributed by atoms with Crippen LogP contribution in [0.15, 0.2) is 0 Å². The van der Waals surface area contributed by atoms with Crippen molar-refractivity contribution in [2.75, 3.05) is 26.2 Å². The molecule has 2 aliphatic rings. The normalized spacial score (nSPS) is 34.1. The zero-order valence-corrected chi connectivity index (χ0v) is 7.42. The minimum atomic E-state index is 0.814. The molecule has 0 aromatic carbocycles. The summed E-state index contributed by atoms with van der Waals surface area (Å²) in [6.07, 6.45) is 5.09. The van der Waals surface area contributed by atoms with E-state index >= 15 is 0 Å². The Bertz CT molecular complexity index is 130. The van der Waals surface area contributed by atoms with E-state index in [1.54, 1.807) is 0 Å². The number of hydrogen-bond donors (Lipinski definition) is 0. The first kappa shape index (κ1) is 7.56. The highest BCUT2D eigenvalue weighted by molar-refractivity contribution is 4.83. The van der Waals surface area contributed by atoms with Gasteiger partial charge in [-0.1, -0.05) is 6.92 Å². The lowest BCUT2D eigenvalue weighted by molar-refractivity contribution is 0.102. The van der Waals surface area contributed by atoms with Gasteiger partial charge in [-0.3, -0.25) is 9.80 Å². The Morgan fingerprint density at radius 1 is 1.18 bits per heavy atom. The van der Waals surface area contributed by atoms with Crippen LogP contribution in [0.2, 0.25) is 0 Å². The molecule has 1 unspecified atom stereocenters. The van der Waals surface area contributed by atoms with Crippen LogP contribution in [0, 0.1) is 0 Å². The van der Waals surface area contributed by atoms with Crippen LogP contribution >= 0.6 is 0 Å². The summed E-state index contributed by atoms with van der Waals surface area (Å²) in [7, 11) is 0. The van der Waals surface area contributed by atoms with E-state index in [4.69, 9.17) is 0 Å². The third kappa shape index (κ3) is 1.30. The van der Waals surface area contributed by atoms with E-state index in [2.05, 4.69) is 16.7 Å². The van der Waals surface area contributed by atoms with Gasteiger partial charge in [-0.15, -0.1) is 0 Å². The number of nitrogens with zero attached hydrogens (tertiary/aromatic N) is 2. The van der Waals surface area contributed by atoms with Gasteiger partial charge in [0.25, 0.3) is 0 Å². The molecule has 0 N–H and O–H groups in total. The topological polar surface area (TPSA) is 6.48 Å². The Morgan fingerprint density at radius 3 is 2.91 bits per heavy atom. The van der Waals surface area contributed by atoms with Crippen molar-refractivity contribution in [3.05, 3.63) is 0 Å². The highest BCUT2D eigenvalue weighted by atomic mass is 15.4. The van der Waals surface area contributed by atoms with E-state index < -0.39 is 0 Å². The van der Waals surface area contributed by atoms with E-state index in [1.807, 2.05) is 0 Å². The molecular formula is C9H18N2. The van der Waals surface area contributed by atoms with Gasteiger partial charge in [-0.05, 0) is 32.4 Å². The molecule has 0 radical (unpaired) electrons. The lowest BCUT2D eigenvalue weighted by atomic mass is 10.1. The molecule has 0 amide bonds. The average Bonchev–Trinajstić information content (AvgIpc) is 2.47. The highest BCUT2D eigenvalue weighted by Crippen LogP contribution is 2.23. The smallest absolute Gasteiger partial charge is 0.0623 e. The Labute approximate surface area is 69.2 Å². The summed E-state index contributed by atoms with van der Waals surface area (Å²) in [6.45, 7) is 7.49. The molecule has 0 spiro atoms. The molecule has 0 bridgehead atoms. The number of fused-ring (bicyclic) bond motifs is 1. The van der Waals surface area contributed by atoms with Gasteiger partial charge in [0, 0.05) is 13.1 Å². The molecule has 2 nitrogen and oxygen atoms in total. The van der Waals surface area contributed by atoms with Crippen molar-refractivity contribution in [3.63, 3.8) is 0 Å². The maximum atomic E-state index is 2.65. The van der Waals surface area contributed by atoms with Crippen molar-refractivity contribution < 1.29 is 0 Å². The molecule has 2 heteroatoms. The minimum absolute atomic E-state index is 0.814. The second-order valence-corrected chi connectivity index (χ2v) is 3.64. The molecule has 0 saturated carbocycles. The lowest BCUT2D eigenvalue weighted by Crippen LogP contribution is -2.41. The van der Waals surface area contributed by atoms with Crippen LogP contribution in [0.1, 0.15) is 26.2 Å². The van der Waals surface area contributed by atoms with Crippen molar-refractivity contribution >= 4 is 0 Å². The van der Waals surface area contributed by atoms with Crippen LogP contribution in [0.3, 0.4) is 0 Å². The van der Waals surface area contributed by atoms with Crippen LogP contribution < -0.4 is 0 Å². The molecule has 0 aliphatic carbocycles. The van der Waals surface area contributed by atoms with E-state index in [-0.39, 0.29) is 0 Å². The first-order chi connectivity index (χ1) is 5.42. The van der Waals surface area contributed by atoms with Crippen molar-refractivity contribution in [1.29, 1.82) is 0 Å². The van der Waals surface area contributed by atoms with Gasteiger partial charge in [0.1, 0.15) is 0 Å². The summed E-state index contributed by atoms with van der Waals surface area (Å²) in [5.41, 5.74) is 0. The monoisotopic (exact) mass is 154 g/mol. The number of hydrogen-bond acceptors (Lipinski definition) is 2. The quantitative estimate of drug-likeness (QED) is 0.558. The average molecular weight is 154 g/mol. The number of rotatable bonds is 1. The first-order valence-electron chi connectivity index (χ1n) is 4.90. The predicted octanol–water partition coefficient (Wildman–Crippen LogP) is 1.13. The summed E-state index contributed by atoms with van der Waals surface area (Å²) < 4.78 is 0. The second kappa shape index (κ2) is 3.11. The Morgan fingerprint density at radius 2 is 2.09 bits per heavy atom. The molecular weight excluding hydrogens is 136 g/mol. The maximum Gasteiger partial charge on any atom is 0.0623 e. The molecule has 11 heavy (non-hydrogen) atoms. The van der Waals surface area contributed by atoms with Crippen molar-refractivity contribution in [2.24, 2.45) is 0 Å². The SMILES string of the molecule is CCN1CCN2CCCCC12. The number of piperidine rings is 1. The maximum absolute atomic E-state index is 2.65. The Kier molecular flexibility index (Phi) is 2.14. The standard InChI is InChI=1S/C9H18N2/c1-2-10-7-8-11-6-4-3-5-9(10)11/h9H,2-8H2,1H3. The van der Waals surface area contributed by atoms with Crippen LogP contribution in [0.4, 0.5) is 0 Å². The molecule has 0 aromatic rings. The summed E-state index contributed by atoms with van der Waals surface area (Å²) in [5, 5.41) is 0. The Hall–Kier alpha value is -0.0800. The van der Waals surface area contributed by atoms with Gasteiger partial charge in [-0.25, -0.2) is 0 Å². The van der Waals surface area contributed by atoms with Crippen LogP contribution in [0.5, 0.6) is 0 Å². The van der Waals surface area contributed by atoms with E-state index in [9.17, 15) is 0 Å². The van der Waals surface area contributed by atoms with E-state index in [0.717, 1.165) is 6.17 Å². The highest BCUT2D eigenvalue weighted by Gasteiger charge is 2.31. The van der Waals surface area contributed by atoms with Crippen LogP contribution in [0.25, 0.3) is 0 Å². The van der Waals surface area contributed by atoms with Crippen molar-refractivity contribution in [2.45, 2.75) is 32.4 Å². The third-order valence-corrected chi connectivity index (χ3v) is 3.08. The predicted molar refractivity (Wildman–Crippen MR) is 46.5 cm³/mol. The van der Waals surface area contributed by atoms with Crippen molar-refractivity contribution in [3.8, 4) is 0 Å². The summed E-state index contributed by atoms with van der Waals surface area (Å²) in [6, 6.07) is 0. The van der Waals surface area contributed by atoms with E-state index in [1.165, 1.54) is 45.4 Å². The molecule has 2 rings (SSSR count). The first-order valence-corrected chi connectivity index (χ1v) is 4.90. The second-order valence-electron chi connectivity index (χ2n) is 3.64. The molecule has 64 valence electrons. The van der Waals surface area contributed by atoms with Gasteiger partial charge in [0.15, 0.2) is 0 Å². The molecule has 2 fully saturated rings. The third-order valence-electron chi connectivity index (χ3n) is 3.08. The Balaban J connectivity index is 1.98. The molecule has 1 atom stereocenters. The summed E-state index contributed by atoms with van der Waals surface area (Å²) in [5.74, 6) is 0. The van der Waals surface area contributed by atoms with Crippen LogP contribution in [-0.2, 0) is 0 Å².